The van der Waals surface area contributed by atoms with Crippen molar-refractivity contribution in [3.8, 4) is 0 Å². The normalized spacial score (nSPS) is 17.7. The Balaban J connectivity index is 0.957. The van der Waals surface area contributed by atoms with Gasteiger partial charge in [0.1, 0.15) is 0 Å². The number of nitrogens with zero attached hydrogens (tertiary/aromatic N) is 2. The third-order valence-electron chi connectivity index (χ3n) is 8.57. The summed E-state index contributed by atoms with van der Waals surface area (Å²) in [6.45, 7) is 1.65. The second kappa shape index (κ2) is 14.9. The molecule has 2 atom stereocenters. The summed E-state index contributed by atoms with van der Waals surface area (Å²) >= 11 is 11.9. The van der Waals surface area contributed by atoms with E-state index in [2.05, 4.69) is 10.6 Å². The van der Waals surface area contributed by atoms with Crippen LogP contribution in [0.4, 0.5) is 11.4 Å². The van der Waals surface area contributed by atoms with Gasteiger partial charge in [-0.15, -0.1) is 0 Å². The van der Waals surface area contributed by atoms with E-state index < -0.39 is 11.8 Å². The van der Waals surface area contributed by atoms with Crippen LogP contribution in [-0.4, -0.2) is 46.5 Å². The van der Waals surface area contributed by atoms with Crippen LogP contribution in [0, 0.1) is 11.8 Å². The highest BCUT2D eigenvalue weighted by molar-refractivity contribution is 6.30. The number of carbonyl (C=O) groups is 4. The molecule has 48 heavy (non-hydrogen) atoms. The van der Waals surface area contributed by atoms with Crippen LogP contribution in [0.2, 0.25) is 10.0 Å². The van der Waals surface area contributed by atoms with Gasteiger partial charge in [0.2, 0.25) is 23.6 Å². The van der Waals surface area contributed by atoms with Crippen LogP contribution < -0.4 is 10.6 Å². The molecular weight excluding hydrogens is 647 g/mol. The number of likely N-dealkylation sites (tertiary alicyclic amines) is 2. The van der Waals surface area contributed by atoms with Crippen LogP contribution in [0.3, 0.4) is 0 Å². The summed E-state index contributed by atoms with van der Waals surface area (Å²) in [5, 5.41) is 7.15. The Morgan fingerprint density at radius 3 is 1.29 bits per heavy atom. The molecule has 2 fully saturated rings. The van der Waals surface area contributed by atoms with E-state index in [4.69, 9.17) is 23.2 Å². The minimum Gasteiger partial charge on any atom is -0.338 e. The van der Waals surface area contributed by atoms with Gasteiger partial charge in [0.25, 0.3) is 0 Å². The summed E-state index contributed by atoms with van der Waals surface area (Å²) in [5.74, 6) is -1.24. The zero-order chi connectivity index (χ0) is 33.6. The molecule has 0 aromatic heterocycles. The number of halogens is 2. The highest BCUT2D eigenvalue weighted by Crippen LogP contribution is 2.25. The van der Waals surface area contributed by atoms with E-state index in [1.807, 2.05) is 84.9 Å². The van der Waals surface area contributed by atoms with E-state index >= 15 is 0 Å². The largest absolute Gasteiger partial charge is 0.338 e. The SMILES string of the molecule is O=C(Nc1ccc(C=Cc2ccc(NC(=O)C3CC(=O)N(Cc4ccc(Cl)cc4)C3)cc2)cc1)C1CC(=O)N(Cc2ccc(Cl)cc2)C1. The summed E-state index contributed by atoms with van der Waals surface area (Å²) in [4.78, 5) is 54.3. The first-order chi connectivity index (χ1) is 23.2. The number of hydrogen-bond acceptors (Lipinski definition) is 4. The predicted octanol–water partition coefficient (Wildman–Crippen LogP) is 7.14. The Hall–Kier alpha value is -4.92. The molecule has 244 valence electrons. The van der Waals surface area contributed by atoms with Crippen molar-refractivity contribution in [3.05, 3.63) is 129 Å². The van der Waals surface area contributed by atoms with Crippen molar-refractivity contribution >= 4 is 70.4 Å². The Kier molecular flexibility index (Phi) is 10.2. The Bertz CT molecular complexity index is 1690. The number of hydrogen-bond donors (Lipinski definition) is 2. The highest BCUT2D eigenvalue weighted by atomic mass is 35.5. The van der Waals surface area contributed by atoms with Crippen molar-refractivity contribution < 1.29 is 19.2 Å². The fourth-order valence-electron chi connectivity index (χ4n) is 5.86. The summed E-state index contributed by atoms with van der Waals surface area (Å²) in [6, 6.07) is 29.7. The van der Waals surface area contributed by atoms with Crippen molar-refractivity contribution in [1.29, 1.82) is 0 Å². The Morgan fingerprint density at radius 2 is 0.938 bits per heavy atom. The summed E-state index contributed by atoms with van der Waals surface area (Å²) in [5.41, 5.74) is 5.17. The molecule has 4 aromatic rings. The third-order valence-corrected chi connectivity index (χ3v) is 9.07. The molecular formula is C38H34Cl2N4O4. The topological polar surface area (TPSA) is 98.8 Å². The Labute approximate surface area is 289 Å². The molecule has 0 saturated carbocycles. The number of rotatable bonds is 10. The molecule has 10 heteroatoms. The zero-order valence-electron chi connectivity index (χ0n) is 26.1. The van der Waals surface area contributed by atoms with Crippen LogP contribution in [0.25, 0.3) is 12.2 Å². The van der Waals surface area contributed by atoms with E-state index in [0.717, 1.165) is 22.3 Å². The molecule has 2 unspecified atom stereocenters. The van der Waals surface area contributed by atoms with Crippen molar-refractivity contribution in [3.63, 3.8) is 0 Å². The molecule has 0 aliphatic carbocycles. The van der Waals surface area contributed by atoms with Gasteiger partial charge in [-0.25, -0.2) is 0 Å². The first kappa shape index (κ1) is 33.0. The molecule has 2 saturated heterocycles. The van der Waals surface area contributed by atoms with Gasteiger partial charge in [-0.3, -0.25) is 19.2 Å². The lowest BCUT2D eigenvalue weighted by Crippen LogP contribution is -2.28. The van der Waals surface area contributed by atoms with Gasteiger partial charge in [0.15, 0.2) is 0 Å². The van der Waals surface area contributed by atoms with E-state index in [0.29, 0.717) is 47.6 Å². The standard InChI is InChI=1S/C38H34Cl2N4O4/c39-31-11-3-27(4-12-31)21-43-23-29(19-35(43)45)37(47)41-33-15-7-25(8-16-33)1-2-26-9-17-34(18-10-26)42-38(48)30-20-36(46)44(24-30)22-28-5-13-32(40)14-6-28/h1-18,29-30H,19-24H2,(H,41,47)(H,42,48). The highest BCUT2D eigenvalue weighted by Gasteiger charge is 2.35. The first-order valence-electron chi connectivity index (χ1n) is 15.7. The molecule has 4 aromatic carbocycles. The molecule has 0 spiro atoms. The van der Waals surface area contributed by atoms with Crippen molar-refractivity contribution in [2.24, 2.45) is 11.8 Å². The number of carbonyl (C=O) groups excluding carboxylic acids is 4. The van der Waals surface area contributed by atoms with E-state index in [9.17, 15) is 19.2 Å². The second-order valence-corrected chi connectivity index (χ2v) is 13.0. The van der Waals surface area contributed by atoms with Gasteiger partial charge >= 0.3 is 0 Å². The average molecular weight is 682 g/mol. The zero-order valence-corrected chi connectivity index (χ0v) is 27.6. The lowest BCUT2D eigenvalue weighted by molar-refractivity contribution is -0.129. The molecule has 2 heterocycles. The molecule has 6 rings (SSSR count). The van der Waals surface area contributed by atoms with Gasteiger partial charge < -0.3 is 20.4 Å². The molecule has 2 N–H and O–H groups in total. The van der Waals surface area contributed by atoms with Gasteiger partial charge in [-0.05, 0) is 70.8 Å². The van der Waals surface area contributed by atoms with Crippen molar-refractivity contribution in [2.45, 2.75) is 25.9 Å². The second-order valence-electron chi connectivity index (χ2n) is 12.2. The van der Waals surface area contributed by atoms with Crippen LogP contribution in [0.15, 0.2) is 97.1 Å². The predicted molar refractivity (Wildman–Crippen MR) is 189 cm³/mol. The van der Waals surface area contributed by atoms with Gasteiger partial charge in [0.05, 0.1) is 11.8 Å². The smallest absolute Gasteiger partial charge is 0.229 e. The van der Waals surface area contributed by atoms with Crippen LogP contribution in [0.5, 0.6) is 0 Å². The fraction of sp³-hybridized carbons (Fsp3) is 0.211. The van der Waals surface area contributed by atoms with Crippen LogP contribution in [-0.2, 0) is 32.3 Å². The monoisotopic (exact) mass is 680 g/mol. The van der Waals surface area contributed by atoms with Crippen LogP contribution in [0.1, 0.15) is 35.1 Å². The van der Waals surface area contributed by atoms with Gasteiger partial charge in [0, 0.05) is 60.4 Å². The number of nitrogens with one attached hydrogen (secondary N) is 2. The molecule has 4 amide bonds. The molecule has 8 nitrogen and oxygen atoms in total. The maximum Gasteiger partial charge on any atom is 0.229 e. The summed E-state index contributed by atoms with van der Waals surface area (Å²) in [6.07, 6.45) is 4.30. The Morgan fingerprint density at radius 1 is 0.583 bits per heavy atom. The minimum absolute atomic E-state index is 0.0381. The number of benzene rings is 4. The van der Waals surface area contributed by atoms with E-state index in [-0.39, 0.29) is 36.5 Å². The lowest BCUT2D eigenvalue weighted by atomic mass is 10.1. The number of amides is 4. The van der Waals surface area contributed by atoms with Crippen molar-refractivity contribution in [1.82, 2.24) is 9.80 Å². The molecule has 0 bridgehead atoms. The van der Waals surface area contributed by atoms with E-state index in [1.54, 1.807) is 34.1 Å². The quantitative estimate of drug-likeness (QED) is 0.174. The summed E-state index contributed by atoms with van der Waals surface area (Å²) < 4.78 is 0. The number of anilines is 2. The lowest BCUT2D eigenvalue weighted by Gasteiger charge is -2.17. The first-order valence-corrected chi connectivity index (χ1v) is 16.5. The minimum atomic E-state index is -0.410. The van der Waals surface area contributed by atoms with Crippen molar-refractivity contribution in [2.75, 3.05) is 23.7 Å². The average Bonchev–Trinajstić information content (AvgIpc) is 3.64. The molecule has 2 aliphatic rings. The van der Waals surface area contributed by atoms with Gasteiger partial charge in [-0.2, -0.15) is 0 Å². The van der Waals surface area contributed by atoms with E-state index in [1.165, 1.54) is 0 Å². The molecule has 0 radical (unpaired) electrons. The maximum atomic E-state index is 12.9. The fourth-order valence-corrected chi connectivity index (χ4v) is 6.11. The molecule has 2 aliphatic heterocycles. The summed E-state index contributed by atoms with van der Waals surface area (Å²) in [7, 11) is 0. The maximum absolute atomic E-state index is 12.9. The van der Waals surface area contributed by atoms with Crippen LogP contribution >= 0.6 is 23.2 Å². The third kappa shape index (κ3) is 8.51. The van der Waals surface area contributed by atoms with Gasteiger partial charge in [-0.1, -0.05) is 83.9 Å².